The minimum Gasteiger partial charge on any atom is -0.411 e. The predicted molar refractivity (Wildman–Crippen MR) is 45.9 cm³/mol. The summed E-state index contributed by atoms with van der Waals surface area (Å²) in [7, 11) is 0. The van der Waals surface area contributed by atoms with E-state index in [1.54, 1.807) is 6.20 Å². The second kappa shape index (κ2) is 3.66. The molecule has 0 aliphatic rings. The Morgan fingerprint density at radius 2 is 2.38 bits per heavy atom. The monoisotopic (exact) mass is 176 g/mol. The van der Waals surface area contributed by atoms with E-state index in [0.29, 0.717) is 12.6 Å². The smallest absolute Gasteiger partial charge is 0.315 e. The fourth-order valence-corrected chi connectivity index (χ4v) is 0.919. The molecule has 0 fully saturated rings. The lowest BCUT2D eigenvalue weighted by molar-refractivity contribution is 0.565. The third-order valence-corrected chi connectivity index (χ3v) is 1.51. The molecule has 0 saturated carbocycles. The highest BCUT2D eigenvalue weighted by atomic mass is 16.4. The van der Waals surface area contributed by atoms with Gasteiger partial charge in [0.1, 0.15) is 0 Å². The summed E-state index contributed by atoms with van der Waals surface area (Å²) in [5.41, 5.74) is 0.931. The highest BCUT2D eigenvalue weighted by Crippen LogP contribution is 2.01. The first-order valence-electron chi connectivity index (χ1n) is 3.85. The molecule has 2 aromatic heterocycles. The normalized spacial score (nSPS) is 9.85. The summed E-state index contributed by atoms with van der Waals surface area (Å²) in [5.74, 6) is 0. The third kappa shape index (κ3) is 2.02. The van der Waals surface area contributed by atoms with Crippen molar-refractivity contribution in [3.05, 3.63) is 36.5 Å². The molecule has 1 N–H and O–H groups in total. The van der Waals surface area contributed by atoms with E-state index in [4.69, 9.17) is 4.42 Å². The Morgan fingerprint density at radius 1 is 1.38 bits per heavy atom. The average molecular weight is 176 g/mol. The first kappa shape index (κ1) is 7.72. The molecular formula is C8H8N4O. The maximum absolute atomic E-state index is 4.89. The van der Waals surface area contributed by atoms with Gasteiger partial charge >= 0.3 is 6.01 Å². The fourth-order valence-electron chi connectivity index (χ4n) is 0.919. The van der Waals surface area contributed by atoms with Gasteiger partial charge in [0.2, 0.25) is 6.39 Å². The molecule has 0 aliphatic heterocycles. The van der Waals surface area contributed by atoms with Crippen LogP contribution in [0.25, 0.3) is 0 Å². The quantitative estimate of drug-likeness (QED) is 0.758. The summed E-state index contributed by atoms with van der Waals surface area (Å²) in [6.45, 7) is 0.586. The SMILES string of the molecule is c1ccc(CNc2nnco2)nc1. The van der Waals surface area contributed by atoms with Crippen LogP contribution in [0.15, 0.2) is 35.2 Å². The average Bonchev–Trinajstić information content (AvgIpc) is 2.69. The number of pyridine rings is 1. The molecule has 0 spiro atoms. The number of rotatable bonds is 3. The highest BCUT2D eigenvalue weighted by Gasteiger charge is 1.97. The van der Waals surface area contributed by atoms with Gasteiger partial charge in [-0.2, -0.15) is 0 Å². The molecule has 5 heteroatoms. The second-order valence-corrected chi connectivity index (χ2v) is 2.42. The van der Waals surface area contributed by atoms with E-state index in [0.717, 1.165) is 5.69 Å². The standard InChI is InChI=1S/C8H8N4O/c1-2-4-9-7(3-1)5-10-8-12-11-6-13-8/h1-4,6H,5H2,(H,10,12). The van der Waals surface area contributed by atoms with Gasteiger partial charge in [0.25, 0.3) is 0 Å². The van der Waals surface area contributed by atoms with Crippen molar-refractivity contribution < 1.29 is 4.42 Å². The van der Waals surface area contributed by atoms with Crippen LogP contribution in [0.3, 0.4) is 0 Å². The topological polar surface area (TPSA) is 63.8 Å². The summed E-state index contributed by atoms with van der Waals surface area (Å²) in [6.07, 6.45) is 3.02. The highest BCUT2D eigenvalue weighted by molar-refractivity contribution is 5.18. The Morgan fingerprint density at radius 3 is 3.08 bits per heavy atom. The van der Waals surface area contributed by atoms with Crippen molar-refractivity contribution >= 4 is 6.01 Å². The van der Waals surface area contributed by atoms with Crippen LogP contribution in [0.2, 0.25) is 0 Å². The van der Waals surface area contributed by atoms with E-state index in [2.05, 4.69) is 20.5 Å². The van der Waals surface area contributed by atoms with Gasteiger partial charge in [-0.3, -0.25) is 4.98 Å². The minimum atomic E-state index is 0.408. The number of nitrogens with one attached hydrogen (secondary N) is 1. The lowest BCUT2D eigenvalue weighted by Crippen LogP contribution is -2.01. The lowest BCUT2D eigenvalue weighted by Gasteiger charge is -1.98. The summed E-state index contributed by atoms with van der Waals surface area (Å²) < 4.78 is 4.89. The van der Waals surface area contributed by atoms with Gasteiger partial charge in [0.05, 0.1) is 12.2 Å². The second-order valence-electron chi connectivity index (χ2n) is 2.42. The lowest BCUT2D eigenvalue weighted by atomic mass is 10.3. The van der Waals surface area contributed by atoms with Gasteiger partial charge in [-0.25, -0.2) is 0 Å². The van der Waals surface area contributed by atoms with Gasteiger partial charge in [-0.05, 0) is 12.1 Å². The minimum absolute atomic E-state index is 0.408. The Kier molecular flexibility index (Phi) is 2.18. The van der Waals surface area contributed by atoms with Crippen LogP contribution in [-0.4, -0.2) is 15.2 Å². The van der Waals surface area contributed by atoms with Gasteiger partial charge in [-0.15, -0.1) is 5.10 Å². The van der Waals surface area contributed by atoms with Crippen LogP contribution in [0, 0.1) is 0 Å². The van der Waals surface area contributed by atoms with Crippen molar-refractivity contribution in [2.75, 3.05) is 5.32 Å². The van der Waals surface area contributed by atoms with Crippen molar-refractivity contribution in [2.24, 2.45) is 0 Å². The Hall–Kier alpha value is -1.91. The molecule has 0 amide bonds. The molecule has 0 saturated heterocycles. The Labute approximate surface area is 74.8 Å². The molecule has 66 valence electrons. The van der Waals surface area contributed by atoms with E-state index in [1.165, 1.54) is 6.39 Å². The molecule has 2 rings (SSSR count). The first-order chi connectivity index (χ1) is 6.45. The molecule has 0 radical (unpaired) electrons. The summed E-state index contributed by atoms with van der Waals surface area (Å²) >= 11 is 0. The fraction of sp³-hybridized carbons (Fsp3) is 0.125. The van der Waals surface area contributed by atoms with Crippen LogP contribution in [0.5, 0.6) is 0 Å². The molecule has 0 bridgehead atoms. The molecule has 0 atom stereocenters. The molecule has 13 heavy (non-hydrogen) atoms. The molecule has 0 aromatic carbocycles. The Balaban J connectivity index is 1.94. The van der Waals surface area contributed by atoms with Crippen LogP contribution >= 0.6 is 0 Å². The van der Waals surface area contributed by atoms with Gasteiger partial charge in [-0.1, -0.05) is 11.2 Å². The van der Waals surface area contributed by atoms with E-state index in [1.807, 2.05) is 18.2 Å². The van der Waals surface area contributed by atoms with Crippen LogP contribution in [0.1, 0.15) is 5.69 Å². The van der Waals surface area contributed by atoms with E-state index in [-0.39, 0.29) is 0 Å². The summed E-state index contributed by atoms with van der Waals surface area (Å²) in [4.78, 5) is 4.13. The van der Waals surface area contributed by atoms with Crippen molar-refractivity contribution in [1.29, 1.82) is 0 Å². The van der Waals surface area contributed by atoms with Gasteiger partial charge in [0.15, 0.2) is 0 Å². The molecular weight excluding hydrogens is 168 g/mol. The van der Waals surface area contributed by atoms with Crippen LogP contribution < -0.4 is 5.32 Å². The molecule has 0 aliphatic carbocycles. The van der Waals surface area contributed by atoms with Crippen molar-refractivity contribution in [1.82, 2.24) is 15.2 Å². The maximum Gasteiger partial charge on any atom is 0.315 e. The number of hydrogen-bond donors (Lipinski definition) is 1. The molecule has 5 nitrogen and oxygen atoms in total. The predicted octanol–water partition coefficient (Wildman–Crippen LogP) is 1.08. The molecule has 2 heterocycles. The zero-order chi connectivity index (χ0) is 8.93. The summed E-state index contributed by atoms with van der Waals surface area (Å²) in [5, 5.41) is 10.1. The third-order valence-electron chi connectivity index (χ3n) is 1.51. The number of hydrogen-bond acceptors (Lipinski definition) is 5. The van der Waals surface area contributed by atoms with E-state index < -0.39 is 0 Å². The zero-order valence-corrected chi connectivity index (χ0v) is 6.84. The van der Waals surface area contributed by atoms with Crippen molar-refractivity contribution in [3.8, 4) is 0 Å². The first-order valence-corrected chi connectivity index (χ1v) is 3.85. The van der Waals surface area contributed by atoms with Gasteiger partial charge < -0.3 is 9.73 Å². The number of anilines is 1. The summed E-state index contributed by atoms with van der Waals surface area (Å²) in [6, 6.07) is 6.13. The van der Waals surface area contributed by atoms with E-state index >= 15 is 0 Å². The Bertz CT molecular complexity index is 346. The number of nitrogens with zero attached hydrogens (tertiary/aromatic N) is 3. The largest absolute Gasteiger partial charge is 0.411 e. The molecule has 2 aromatic rings. The van der Waals surface area contributed by atoms with Crippen molar-refractivity contribution in [3.63, 3.8) is 0 Å². The van der Waals surface area contributed by atoms with E-state index in [9.17, 15) is 0 Å². The molecule has 0 unspecified atom stereocenters. The van der Waals surface area contributed by atoms with Crippen molar-refractivity contribution in [2.45, 2.75) is 6.54 Å². The van der Waals surface area contributed by atoms with Crippen LogP contribution in [0.4, 0.5) is 6.01 Å². The zero-order valence-electron chi connectivity index (χ0n) is 6.84. The van der Waals surface area contributed by atoms with Crippen LogP contribution in [-0.2, 0) is 6.54 Å². The number of aromatic nitrogens is 3. The maximum atomic E-state index is 4.89. The van der Waals surface area contributed by atoms with Gasteiger partial charge in [0, 0.05) is 6.20 Å².